The van der Waals surface area contributed by atoms with Gasteiger partial charge in [-0.1, -0.05) is 13.8 Å². The van der Waals surface area contributed by atoms with Crippen LogP contribution in [0.15, 0.2) is 18.3 Å². The van der Waals surface area contributed by atoms with E-state index in [9.17, 15) is 0 Å². The van der Waals surface area contributed by atoms with Gasteiger partial charge in [-0.25, -0.2) is 0 Å². The van der Waals surface area contributed by atoms with Gasteiger partial charge in [0.2, 0.25) is 0 Å². The highest BCUT2D eigenvalue weighted by Gasteiger charge is 2.09. The van der Waals surface area contributed by atoms with Crippen molar-refractivity contribution in [3.05, 3.63) is 24.0 Å². The molecule has 3 nitrogen and oxygen atoms in total. The van der Waals surface area contributed by atoms with Crippen LogP contribution < -0.4 is 5.73 Å². The van der Waals surface area contributed by atoms with Crippen molar-refractivity contribution in [2.24, 2.45) is 5.92 Å². The van der Waals surface area contributed by atoms with Gasteiger partial charge >= 0.3 is 0 Å². The number of nitrogens with zero attached hydrogens (tertiary/aromatic N) is 1. The first-order valence-corrected chi connectivity index (χ1v) is 4.45. The van der Waals surface area contributed by atoms with Gasteiger partial charge in [-0.3, -0.25) is 4.98 Å². The van der Waals surface area contributed by atoms with Crippen LogP contribution in [0.3, 0.4) is 0 Å². The topological polar surface area (TPSA) is 62.8 Å². The molecule has 0 aliphatic carbocycles. The molecule has 1 rings (SSSR count). The molecule has 0 radical (unpaired) electrons. The Bertz CT molecular complexity index is 290. The number of pyridine rings is 1. The Kier molecular flexibility index (Phi) is 3.01. The van der Waals surface area contributed by atoms with Gasteiger partial charge in [0.1, 0.15) is 0 Å². The standard InChI is InChI=1S/C10H15N3/c1-3-7(2)10(12)9-5-4-8(11)6-13-9/h4-7,12H,3,11H2,1-2H3/t7-/m0/s1. The fourth-order valence-corrected chi connectivity index (χ4v) is 1.02. The van der Waals surface area contributed by atoms with Crippen molar-refractivity contribution in [1.29, 1.82) is 5.41 Å². The molecule has 1 heterocycles. The minimum Gasteiger partial charge on any atom is -0.397 e. The average molecular weight is 177 g/mol. The van der Waals surface area contributed by atoms with Crippen molar-refractivity contribution in [1.82, 2.24) is 4.98 Å². The number of nitrogen functional groups attached to an aromatic ring is 1. The van der Waals surface area contributed by atoms with Crippen molar-refractivity contribution >= 4 is 11.4 Å². The molecular formula is C10H15N3. The third-order valence-corrected chi connectivity index (χ3v) is 2.17. The first-order chi connectivity index (χ1) is 6.15. The van der Waals surface area contributed by atoms with Crippen LogP contribution in [0.25, 0.3) is 0 Å². The van der Waals surface area contributed by atoms with Crippen molar-refractivity contribution in [3.8, 4) is 0 Å². The lowest BCUT2D eigenvalue weighted by atomic mass is 10.00. The molecule has 0 fully saturated rings. The number of nitrogens with one attached hydrogen (secondary N) is 1. The van der Waals surface area contributed by atoms with E-state index in [0.29, 0.717) is 11.4 Å². The third-order valence-electron chi connectivity index (χ3n) is 2.17. The Labute approximate surface area is 78.5 Å². The van der Waals surface area contributed by atoms with Crippen LogP contribution in [0.1, 0.15) is 26.0 Å². The van der Waals surface area contributed by atoms with Crippen LogP contribution in [0.2, 0.25) is 0 Å². The molecule has 70 valence electrons. The van der Waals surface area contributed by atoms with Gasteiger partial charge in [0.15, 0.2) is 0 Å². The smallest absolute Gasteiger partial charge is 0.0841 e. The van der Waals surface area contributed by atoms with Crippen molar-refractivity contribution in [3.63, 3.8) is 0 Å². The summed E-state index contributed by atoms with van der Waals surface area (Å²) < 4.78 is 0. The van der Waals surface area contributed by atoms with Crippen molar-refractivity contribution < 1.29 is 0 Å². The molecule has 0 aliphatic heterocycles. The van der Waals surface area contributed by atoms with Crippen LogP contribution in [-0.4, -0.2) is 10.7 Å². The maximum Gasteiger partial charge on any atom is 0.0841 e. The number of nitrogens with two attached hydrogens (primary N) is 1. The zero-order valence-electron chi connectivity index (χ0n) is 8.04. The van der Waals surface area contributed by atoms with Gasteiger partial charge in [-0.05, 0) is 24.5 Å². The third kappa shape index (κ3) is 2.28. The molecule has 0 amide bonds. The SMILES string of the molecule is CC[C@H](C)C(=N)c1ccc(N)cn1. The van der Waals surface area contributed by atoms with E-state index < -0.39 is 0 Å². The molecule has 1 aromatic heterocycles. The van der Waals surface area contributed by atoms with Crippen molar-refractivity contribution in [2.75, 3.05) is 5.73 Å². The van der Waals surface area contributed by atoms with E-state index in [1.807, 2.05) is 6.92 Å². The Morgan fingerprint density at radius 2 is 2.31 bits per heavy atom. The van der Waals surface area contributed by atoms with Gasteiger partial charge in [0.25, 0.3) is 0 Å². The first-order valence-electron chi connectivity index (χ1n) is 4.45. The van der Waals surface area contributed by atoms with E-state index >= 15 is 0 Å². The van der Waals surface area contributed by atoms with Gasteiger partial charge in [-0.15, -0.1) is 0 Å². The van der Waals surface area contributed by atoms with Gasteiger partial charge in [0, 0.05) is 0 Å². The Hall–Kier alpha value is -1.38. The van der Waals surface area contributed by atoms with Gasteiger partial charge < -0.3 is 11.1 Å². The lowest BCUT2D eigenvalue weighted by Gasteiger charge is -2.09. The minimum absolute atomic E-state index is 0.260. The van der Waals surface area contributed by atoms with Crippen LogP contribution >= 0.6 is 0 Å². The summed E-state index contributed by atoms with van der Waals surface area (Å²) in [6.07, 6.45) is 2.55. The molecule has 3 heteroatoms. The second-order valence-corrected chi connectivity index (χ2v) is 3.20. The molecule has 3 N–H and O–H groups in total. The second-order valence-electron chi connectivity index (χ2n) is 3.20. The monoisotopic (exact) mass is 177 g/mol. The van der Waals surface area contributed by atoms with Crippen molar-refractivity contribution in [2.45, 2.75) is 20.3 Å². The second kappa shape index (κ2) is 4.03. The minimum atomic E-state index is 0.260. The highest BCUT2D eigenvalue weighted by molar-refractivity contribution is 5.98. The predicted octanol–water partition coefficient (Wildman–Crippen LogP) is 2.08. The number of aromatic nitrogens is 1. The van der Waals surface area contributed by atoms with E-state index in [4.69, 9.17) is 11.1 Å². The van der Waals surface area contributed by atoms with Crippen LogP contribution in [0.4, 0.5) is 5.69 Å². The summed E-state index contributed by atoms with van der Waals surface area (Å²) >= 11 is 0. The fourth-order valence-electron chi connectivity index (χ4n) is 1.02. The first kappa shape index (κ1) is 9.71. The summed E-state index contributed by atoms with van der Waals surface area (Å²) in [5, 5.41) is 7.80. The van der Waals surface area contributed by atoms with E-state index in [-0.39, 0.29) is 5.92 Å². The number of hydrogen-bond donors (Lipinski definition) is 2. The Balaban J connectivity index is 2.83. The molecule has 0 spiro atoms. The molecule has 0 aromatic carbocycles. The quantitative estimate of drug-likeness (QED) is 0.694. The summed E-state index contributed by atoms with van der Waals surface area (Å²) in [6, 6.07) is 3.57. The van der Waals surface area contributed by atoms with E-state index in [0.717, 1.165) is 12.1 Å². The zero-order valence-corrected chi connectivity index (χ0v) is 8.04. The Morgan fingerprint density at radius 1 is 1.62 bits per heavy atom. The lowest BCUT2D eigenvalue weighted by Crippen LogP contribution is -2.11. The van der Waals surface area contributed by atoms with Crippen LogP contribution in [-0.2, 0) is 0 Å². The molecule has 1 atom stereocenters. The maximum atomic E-state index is 7.80. The molecule has 0 bridgehead atoms. The summed E-state index contributed by atoms with van der Waals surface area (Å²) in [6.45, 7) is 4.09. The molecule has 0 saturated carbocycles. The van der Waals surface area contributed by atoms with E-state index in [2.05, 4.69) is 11.9 Å². The van der Waals surface area contributed by atoms with Crippen LogP contribution in [0, 0.1) is 11.3 Å². The zero-order chi connectivity index (χ0) is 9.84. The molecule has 0 aliphatic rings. The van der Waals surface area contributed by atoms with Gasteiger partial charge in [-0.2, -0.15) is 0 Å². The summed E-state index contributed by atoms with van der Waals surface area (Å²) in [4.78, 5) is 4.10. The molecule has 1 aromatic rings. The number of hydrogen-bond acceptors (Lipinski definition) is 3. The summed E-state index contributed by atoms with van der Waals surface area (Å²) in [5.41, 5.74) is 7.45. The number of anilines is 1. The Morgan fingerprint density at radius 3 is 2.77 bits per heavy atom. The highest BCUT2D eigenvalue weighted by Crippen LogP contribution is 2.10. The maximum absolute atomic E-state index is 7.80. The van der Waals surface area contributed by atoms with E-state index in [1.54, 1.807) is 18.3 Å². The molecule has 13 heavy (non-hydrogen) atoms. The number of rotatable bonds is 3. The van der Waals surface area contributed by atoms with Crippen LogP contribution in [0.5, 0.6) is 0 Å². The van der Waals surface area contributed by atoms with Gasteiger partial charge in [0.05, 0.1) is 23.3 Å². The highest BCUT2D eigenvalue weighted by atomic mass is 14.7. The average Bonchev–Trinajstić information content (AvgIpc) is 2.17. The summed E-state index contributed by atoms with van der Waals surface area (Å²) in [7, 11) is 0. The molecule has 0 unspecified atom stereocenters. The molecule has 0 saturated heterocycles. The predicted molar refractivity (Wildman–Crippen MR) is 54.9 cm³/mol. The largest absolute Gasteiger partial charge is 0.397 e. The normalized spacial score (nSPS) is 12.5. The summed E-state index contributed by atoms with van der Waals surface area (Å²) in [5.74, 6) is 0.260. The van der Waals surface area contributed by atoms with E-state index in [1.165, 1.54) is 0 Å². The fraction of sp³-hybridized carbons (Fsp3) is 0.400. The lowest BCUT2D eigenvalue weighted by molar-refractivity contribution is 0.733. The molecular weight excluding hydrogens is 162 g/mol.